The van der Waals surface area contributed by atoms with Crippen molar-refractivity contribution in [3.05, 3.63) is 82.9 Å². The molecule has 4 saturated heterocycles. The van der Waals surface area contributed by atoms with Crippen LogP contribution in [0.4, 0.5) is 20.2 Å². The second-order valence-corrected chi connectivity index (χ2v) is 15.4. The molecule has 262 valence electrons. The fourth-order valence-corrected chi connectivity index (χ4v) is 9.29. The van der Waals surface area contributed by atoms with Crippen LogP contribution in [-0.4, -0.2) is 46.1 Å². The van der Waals surface area contributed by atoms with Gasteiger partial charge in [-0.1, -0.05) is 26.0 Å². The van der Waals surface area contributed by atoms with Gasteiger partial charge in [0.25, 0.3) is 0 Å². The summed E-state index contributed by atoms with van der Waals surface area (Å²) in [5.41, 5.74) is 6.81. The van der Waals surface area contributed by atoms with E-state index in [1.54, 1.807) is 12.1 Å². The maximum absolute atomic E-state index is 16.2. The van der Waals surface area contributed by atoms with E-state index in [2.05, 4.69) is 75.7 Å². The Kier molecular flexibility index (Phi) is 8.27. The second kappa shape index (κ2) is 12.9. The first-order valence-electron chi connectivity index (χ1n) is 18.9. The third-order valence-corrected chi connectivity index (χ3v) is 12.1. The van der Waals surface area contributed by atoms with E-state index in [9.17, 15) is 0 Å². The second-order valence-electron chi connectivity index (χ2n) is 15.4. The van der Waals surface area contributed by atoms with Gasteiger partial charge in [0.1, 0.15) is 17.3 Å². The van der Waals surface area contributed by atoms with Gasteiger partial charge in [-0.05, 0) is 124 Å². The van der Waals surface area contributed by atoms with Crippen LogP contribution in [0.1, 0.15) is 112 Å². The highest BCUT2D eigenvalue weighted by molar-refractivity contribution is 5.78. The van der Waals surface area contributed by atoms with Crippen LogP contribution in [0.25, 0.3) is 22.1 Å². The molecular weight excluding hydrogens is 630 g/mol. The molecule has 0 spiro atoms. The molecule has 0 aliphatic carbocycles. The number of hydrogen-bond acceptors (Lipinski definition) is 6. The van der Waals surface area contributed by atoms with E-state index in [1.165, 1.54) is 0 Å². The lowest BCUT2D eigenvalue weighted by atomic mass is 9.86. The SMILES string of the molecule is CC(C)C1CCN(c2c(F)cc(N3[C@@H](c4ccc5nc([C@@H]6CCCN6)[nH]c5c4)CC[C@H]3c3ccc4nc([C@@H]5CCCN5)[nH]c4c3)cc2F)CC1. The molecule has 0 amide bonds. The predicted molar refractivity (Wildman–Crippen MR) is 195 cm³/mol. The Morgan fingerprint density at radius 2 is 1.20 bits per heavy atom. The summed E-state index contributed by atoms with van der Waals surface area (Å²) in [6.45, 7) is 7.86. The molecule has 4 fully saturated rings. The summed E-state index contributed by atoms with van der Waals surface area (Å²) >= 11 is 0. The molecule has 4 atom stereocenters. The highest BCUT2D eigenvalue weighted by Crippen LogP contribution is 2.49. The quantitative estimate of drug-likeness (QED) is 0.138. The lowest BCUT2D eigenvalue weighted by Gasteiger charge is -2.37. The monoisotopic (exact) mass is 678 g/mol. The number of fused-ring (bicyclic) bond motifs is 2. The van der Waals surface area contributed by atoms with E-state index in [0.29, 0.717) is 30.6 Å². The van der Waals surface area contributed by atoms with E-state index in [1.807, 2.05) is 4.90 Å². The Balaban J connectivity index is 1.08. The Bertz CT molecular complexity index is 1870. The van der Waals surface area contributed by atoms with Crippen LogP contribution < -0.4 is 20.4 Å². The van der Waals surface area contributed by atoms with Crippen molar-refractivity contribution in [1.29, 1.82) is 0 Å². The van der Waals surface area contributed by atoms with Crippen LogP contribution in [-0.2, 0) is 0 Å². The highest BCUT2D eigenvalue weighted by atomic mass is 19.1. The minimum absolute atomic E-state index is 0.0668. The molecule has 4 aliphatic rings. The number of H-pyrrole nitrogens is 2. The molecule has 0 unspecified atom stereocenters. The maximum Gasteiger partial charge on any atom is 0.151 e. The van der Waals surface area contributed by atoms with Gasteiger partial charge in [-0.3, -0.25) is 0 Å². The predicted octanol–water partition coefficient (Wildman–Crippen LogP) is 8.52. The van der Waals surface area contributed by atoms with Gasteiger partial charge in [-0.2, -0.15) is 0 Å². The number of hydrogen-bond donors (Lipinski definition) is 4. The Morgan fingerprint density at radius 3 is 1.66 bits per heavy atom. The van der Waals surface area contributed by atoms with E-state index in [0.717, 1.165) is 109 Å². The van der Waals surface area contributed by atoms with Crippen molar-refractivity contribution in [2.75, 3.05) is 36.0 Å². The molecule has 50 heavy (non-hydrogen) atoms. The molecule has 3 aromatic carbocycles. The lowest BCUT2D eigenvalue weighted by molar-refractivity contribution is 0.309. The van der Waals surface area contributed by atoms with Gasteiger partial charge >= 0.3 is 0 Å². The molecule has 0 bridgehead atoms. The van der Waals surface area contributed by atoms with Crippen molar-refractivity contribution in [3.8, 4) is 0 Å². The molecule has 5 aromatic rings. The van der Waals surface area contributed by atoms with Crippen molar-refractivity contribution in [3.63, 3.8) is 0 Å². The van der Waals surface area contributed by atoms with E-state index >= 15 is 8.78 Å². The Hall–Kier alpha value is -4.02. The van der Waals surface area contributed by atoms with Gasteiger partial charge < -0.3 is 30.4 Å². The smallest absolute Gasteiger partial charge is 0.151 e. The topological polar surface area (TPSA) is 87.9 Å². The summed E-state index contributed by atoms with van der Waals surface area (Å²) in [6, 6.07) is 16.4. The number of aromatic nitrogens is 4. The minimum atomic E-state index is -0.483. The summed E-state index contributed by atoms with van der Waals surface area (Å²) in [5, 5.41) is 7.09. The van der Waals surface area contributed by atoms with Gasteiger partial charge in [0.2, 0.25) is 0 Å². The first-order valence-corrected chi connectivity index (χ1v) is 18.9. The van der Waals surface area contributed by atoms with Gasteiger partial charge in [0.15, 0.2) is 11.6 Å². The zero-order valence-corrected chi connectivity index (χ0v) is 29.1. The van der Waals surface area contributed by atoms with Crippen LogP contribution in [0.2, 0.25) is 0 Å². The van der Waals surface area contributed by atoms with E-state index in [4.69, 9.17) is 9.97 Å². The minimum Gasteiger partial charge on any atom is -0.367 e. The highest BCUT2D eigenvalue weighted by Gasteiger charge is 2.38. The first kappa shape index (κ1) is 31.9. The van der Waals surface area contributed by atoms with E-state index < -0.39 is 11.6 Å². The largest absolute Gasteiger partial charge is 0.367 e. The van der Waals surface area contributed by atoms with Gasteiger partial charge in [-0.25, -0.2) is 18.7 Å². The molecule has 0 radical (unpaired) electrons. The number of rotatable bonds is 7. The zero-order valence-electron chi connectivity index (χ0n) is 29.1. The number of benzene rings is 3. The van der Waals surface area contributed by atoms with Crippen LogP contribution in [0.5, 0.6) is 0 Å². The van der Waals surface area contributed by atoms with Crippen LogP contribution >= 0.6 is 0 Å². The van der Waals surface area contributed by atoms with Gasteiger partial charge in [-0.15, -0.1) is 0 Å². The first-order chi connectivity index (χ1) is 24.4. The fraction of sp³-hybridized carbons (Fsp3) is 0.500. The molecular formula is C40H48F2N8. The number of anilines is 2. The van der Waals surface area contributed by atoms with Crippen LogP contribution in [0.3, 0.4) is 0 Å². The standard InChI is InChI=1S/C40H48F2N8/c1-23(2)24-13-17-49(18-14-24)38-28(41)21-27(22-29(38)42)50-36(25-7-9-30-34(19-25)47-39(45-30)32-5-3-15-43-32)11-12-37(50)26-8-10-31-35(20-26)48-40(46-31)33-6-4-16-44-33/h7-10,19-24,32-33,36-37,43-44H,3-6,11-18H2,1-2H3,(H,45,47)(H,46,48)/t32-,33-,36-,37+/m0/s1. The van der Waals surface area contributed by atoms with Crippen molar-refractivity contribution in [2.45, 2.75) is 89.4 Å². The van der Waals surface area contributed by atoms with Crippen LogP contribution in [0, 0.1) is 23.5 Å². The number of halogens is 2. The fourth-order valence-electron chi connectivity index (χ4n) is 9.29. The molecule has 4 aliphatic heterocycles. The van der Waals surface area contributed by atoms with Gasteiger partial charge in [0.05, 0.1) is 46.2 Å². The normalized spacial score (nSPS) is 24.9. The van der Waals surface area contributed by atoms with Crippen LogP contribution in [0.15, 0.2) is 48.5 Å². The van der Waals surface area contributed by atoms with Crippen molar-refractivity contribution < 1.29 is 8.78 Å². The molecule has 9 rings (SSSR count). The van der Waals surface area contributed by atoms with Gasteiger partial charge in [0, 0.05) is 18.8 Å². The number of piperidine rings is 1. The molecule has 2 aromatic heterocycles. The maximum atomic E-state index is 16.2. The van der Waals surface area contributed by atoms with E-state index in [-0.39, 0.29) is 29.9 Å². The summed E-state index contributed by atoms with van der Waals surface area (Å²) in [7, 11) is 0. The molecule has 8 nitrogen and oxygen atoms in total. The molecule has 0 saturated carbocycles. The number of nitrogens with zero attached hydrogens (tertiary/aromatic N) is 4. The summed E-state index contributed by atoms with van der Waals surface area (Å²) in [6.07, 6.45) is 8.07. The Morgan fingerprint density at radius 1 is 0.680 bits per heavy atom. The van der Waals surface area contributed by atoms with Crippen molar-refractivity contribution in [2.24, 2.45) is 11.8 Å². The average molecular weight is 679 g/mol. The summed E-state index contributed by atoms with van der Waals surface area (Å²) in [5.74, 6) is 2.17. The number of nitrogens with one attached hydrogen (secondary N) is 4. The zero-order chi connectivity index (χ0) is 33.9. The summed E-state index contributed by atoms with van der Waals surface area (Å²) < 4.78 is 32.5. The third kappa shape index (κ3) is 5.74. The number of aromatic amines is 2. The molecule has 6 heterocycles. The average Bonchev–Trinajstić information content (AvgIpc) is 3.96. The molecule has 4 N–H and O–H groups in total. The Labute approximate surface area is 292 Å². The molecule has 10 heteroatoms. The third-order valence-electron chi connectivity index (χ3n) is 12.1. The van der Waals surface area contributed by atoms with Crippen molar-refractivity contribution in [1.82, 2.24) is 30.6 Å². The summed E-state index contributed by atoms with van der Waals surface area (Å²) in [4.78, 5) is 21.1. The lowest BCUT2D eigenvalue weighted by Crippen LogP contribution is -2.36. The van der Waals surface area contributed by atoms with Crippen molar-refractivity contribution >= 4 is 33.4 Å². The number of imidazole rings is 2.